The van der Waals surface area contributed by atoms with Gasteiger partial charge in [0, 0.05) is 33.5 Å². The molecule has 0 atom stereocenters. The second kappa shape index (κ2) is 4.04. The van der Waals surface area contributed by atoms with Gasteiger partial charge in [0.25, 0.3) is 0 Å². The Morgan fingerprint density at radius 2 is 1.89 bits per heavy atom. The van der Waals surface area contributed by atoms with Crippen molar-refractivity contribution in [2.24, 2.45) is 7.05 Å². The van der Waals surface area contributed by atoms with Gasteiger partial charge in [-0.25, -0.2) is 19.6 Å². The van der Waals surface area contributed by atoms with Crippen LogP contribution in [0.1, 0.15) is 5.69 Å². The molecule has 0 radical (unpaired) electrons. The molecule has 0 unspecified atom stereocenters. The third-order valence-corrected chi connectivity index (χ3v) is 2.96. The summed E-state index contributed by atoms with van der Waals surface area (Å²) in [6, 6.07) is 0. The minimum atomic E-state index is 0.678. The van der Waals surface area contributed by atoms with Crippen LogP contribution in [0.2, 0.25) is 0 Å². The first-order valence-corrected chi connectivity index (χ1v) is 5.95. The quantitative estimate of drug-likeness (QED) is 0.744. The second-order valence-electron chi connectivity index (χ2n) is 4.66. The lowest BCUT2D eigenvalue weighted by Crippen LogP contribution is -2.12. The van der Waals surface area contributed by atoms with E-state index in [9.17, 15) is 0 Å². The van der Waals surface area contributed by atoms with Crippen molar-refractivity contribution in [2.45, 2.75) is 6.92 Å². The predicted molar refractivity (Wildman–Crippen MR) is 72.9 cm³/mol. The molecule has 0 aromatic carbocycles. The van der Waals surface area contributed by atoms with Crippen LogP contribution in [0.25, 0.3) is 22.6 Å². The van der Waals surface area contributed by atoms with Gasteiger partial charge < -0.3 is 9.88 Å². The highest BCUT2D eigenvalue weighted by Gasteiger charge is 2.12. The van der Waals surface area contributed by atoms with Crippen LogP contribution in [-0.4, -0.2) is 43.8 Å². The molecule has 3 rings (SSSR count). The molecule has 19 heavy (non-hydrogen) atoms. The Morgan fingerprint density at radius 3 is 2.47 bits per heavy atom. The van der Waals surface area contributed by atoms with Gasteiger partial charge in [0.2, 0.25) is 5.95 Å². The van der Waals surface area contributed by atoms with Crippen LogP contribution in [0.5, 0.6) is 0 Å². The molecule has 3 heterocycles. The maximum absolute atomic E-state index is 4.53. The number of nitrogens with zero attached hydrogens (tertiary/aromatic N) is 6. The standard InChI is InChI=1S/C12H15N7/c1-7-9-11(19(4)17-7)16-10(15-9)8-5-13-12(14-6-8)18(2)3/h5-6H,1-4H3,(H,15,16). The molecule has 1 N–H and O–H groups in total. The molecule has 0 aliphatic carbocycles. The first-order chi connectivity index (χ1) is 9.06. The van der Waals surface area contributed by atoms with Crippen molar-refractivity contribution in [1.29, 1.82) is 0 Å². The molecule has 7 heteroatoms. The zero-order valence-corrected chi connectivity index (χ0v) is 11.3. The zero-order valence-electron chi connectivity index (χ0n) is 11.3. The van der Waals surface area contributed by atoms with Crippen molar-refractivity contribution in [3.05, 3.63) is 18.1 Å². The predicted octanol–water partition coefficient (Wildman–Crippen LogP) is 1.13. The highest BCUT2D eigenvalue weighted by atomic mass is 15.3. The number of rotatable bonds is 2. The molecular weight excluding hydrogens is 242 g/mol. The molecule has 0 amide bonds. The number of anilines is 1. The lowest BCUT2D eigenvalue weighted by atomic mass is 10.3. The van der Waals surface area contributed by atoms with Crippen LogP contribution in [0, 0.1) is 6.92 Å². The summed E-state index contributed by atoms with van der Waals surface area (Å²) in [4.78, 5) is 18.2. The summed E-state index contributed by atoms with van der Waals surface area (Å²) in [5, 5.41) is 4.31. The fourth-order valence-corrected chi connectivity index (χ4v) is 1.98. The number of nitrogens with one attached hydrogen (secondary N) is 1. The van der Waals surface area contributed by atoms with Crippen LogP contribution in [0.4, 0.5) is 5.95 Å². The molecule has 0 saturated carbocycles. The number of hydrogen-bond donors (Lipinski definition) is 1. The van der Waals surface area contributed by atoms with Crippen LogP contribution in [-0.2, 0) is 7.05 Å². The average molecular weight is 257 g/mol. The molecule has 0 saturated heterocycles. The number of fused-ring (bicyclic) bond motifs is 1. The molecule has 3 aromatic rings. The van der Waals surface area contributed by atoms with Crippen LogP contribution >= 0.6 is 0 Å². The minimum absolute atomic E-state index is 0.678. The Kier molecular flexibility index (Phi) is 2.48. The summed E-state index contributed by atoms with van der Waals surface area (Å²) in [6.45, 7) is 1.95. The number of aromatic amines is 1. The lowest BCUT2D eigenvalue weighted by molar-refractivity contribution is 0.773. The van der Waals surface area contributed by atoms with E-state index in [1.165, 1.54) is 0 Å². The number of aryl methyl sites for hydroxylation is 2. The first-order valence-electron chi connectivity index (χ1n) is 5.95. The van der Waals surface area contributed by atoms with E-state index in [2.05, 4.69) is 25.0 Å². The van der Waals surface area contributed by atoms with E-state index in [0.717, 1.165) is 28.2 Å². The smallest absolute Gasteiger partial charge is 0.224 e. The summed E-state index contributed by atoms with van der Waals surface area (Å²) in [5.41, 5.74) is 3.58. The van der Waals surface area contributed by atoms with Crippen LogP contribution in [0.15, 0.2) is 12.4 Å². The van der Waals surface area contributed by atoms with Crippen molar-refractivity contribution in [2.75, 3.05) is 19.0 Å². The van der Waals surface area contributed by atoms with Crippen molar-refractivity contribution >= 4 is 17.1 Å². The minimum Gasteiger partial charge on any atom is -0.347 e. The molecule has 0 fully saturated rings. The molecule has 0 bridgehead atoms. The Hall–Kier alpha value is -2.44. The van der Waals surface area contributed by atoms with Gasteiger partial charge in [-0.05, 0) is 6.92 Å². The Balaban J connectivity index is 2.06. The molecule has 3 aromatic heterocycles. The SMILES string of the molecule is Cc1nn(C)c2nc(-c3cnc(N(C)C)nc3)[nH]c12. The monoisotopic (exact) mass is 257 g/mol. The molecule has 0 aliphatic heterocycles. The molecule has 7 nitrogen and oxygen atoms in total. The Labute approximate surface area is 110 Å². The summed E-state index contributed by atoms with van der Waals surface area (Å²) in [7, 11) is 5.70. The maximum atomic E-state index is 4.53. The van der Waals surface area contributed by atoms with Gasteiger partial charge in [-0.1, -0.05) is 0 Å². The van der Waals surface area contributed by atoms with Gasteiger partial charge in [0.05, 0.1) is 11.3 Å². The van der Waals surface area contributed by atoms with Crippen molar-refractivity contribution in [3.63, 3.8) is 0 Å². The van der Waals surface area contributed by atoms with E-state index in [0.29, 0.717) is 5.95 Å². The van der Waals surface area contributed by atoms with Gasteiger partial charge >= 0.3 is 0 Å². The fraction of sp³-hybridized carbons (Fsp3) is 0.333. The lowest BCUT2D eigenvalue weighted by Gasteiger charge is -2.08. The summed E-state index contributed by atoms with van der Waals surface area (Å²) in [5.74, 6) is 1.44. The molecule has 0 spiro atoms. The molecule has 0 aliphatic rings. The summed E-state index contributed by atoms with van der Waals surface area (Å²) >= 11 is 0. The molecule has 98 valence electrons. The van der Waals surface area contributed by atoms with E-state index >= 15 is 0 Å². The highest BCUT2D eigenvalue weighted by molar-refractivity contribution is 5.78. The zero-order chi connectivity index (χ0) is 13.6. The van der Waals surface area contributed by atoms with Crippen LogP contribution in [0.3, 0.4) is 0 Å². The topological polar surface area (TPSA) is 75.5 Å². The van der Waals surface area contributed by atoms with E-state index < -0.39 is 0 Å². The van der Waals surface area contributed by atoms with Crippen molar-refractivity contribution in [3.8, 4) is 11.4 Å². The highest BCUT2D eigenvalue weighted by Crippen LogP contribution is 2.21. The first kappa shape index (κ1) is 11.6. The third kappa shape index (κ3) is 1.83. The van der Waals surface area contributed by atoms with Gasteiger partial charge in [0.1, 0.15) is 11.3 Å². The number of hydrogen-bond acceptors (Lipinski definition) is 5. The van der Waals surface area contributed by atoms with Gasteiger partial charge in [-0.15, -0.1) is 0 Å². The molecular formula is C12H15N7. The second-order valence-corrected chi connectivity index (χ2v) is 4.66. The summed E-state index contributed by atoms with van der Waals surface area (Å²) in [6.07, 6.45) is 3.53. The van der Waals surface area contributed by atoms with Crippen molar-refractivity contribution < 1.29 is 0 Å². The van der Waals surface area contributed by atoms with E-state index in [1.807, 2.05) is 33.0 Å². The Bertz CT molecular complexity index is 686. The average Bonchev–Trinajstić information content (AvgIpc) is 2.93. The summed E-state index contributed by atoms with van der Waals surface area (Å²) < 4.78 is 1.76. The number of imidazole rings is 1. The maximum Gasteiger partial charge on any atom is 0.224 e. The number of aromatic nitrogens is 6. The third-order valence-electron chi connectivity index (χ3n) is 2.96. The largest absolute Gasteiger partial charge is 0.347 e. The number of H-pyrrole nitrogens is 1. The van der Waals surface area contributed by atoms with E-state index in [4.69, 9.17) is 0 Å². The van der Waals surface area contributed by atoms with Gasteiger partial charge in [-0.3, -0.25) is 0 Å². The van der Waals surface area contributed by atoms with Gasteiger partial charge in [0.15, 0.2) is 5.65 Å². The van der Waals surface area contributed by atoms with Crippen molar-refractivity contribution in [1.82, 2.24) is 29.7 Å². The fourth-order valence-electron chi connectivity index (χ4n) is 1.98. The van der Waals surface area contributed by atoms with E-state index in [-0.39, 0.29) is 0 Å². The van der Waals surface area contributed by atoms with E-state index in [1.54, 1.807) is 17.1 Å². The van der Waals surface area contributed by atoms with Crippen LogP contribution < -0.4 is 4.90 Å². The Morgan fingerprint density at radius 1 is 1.21 bits per heavy atom. The van der Waals surface area contributed by atoms with Gasteiger partial charge in [-0.2, -0.15) is 5.10 Å². The normalized spacial score (nSPS) is 11.2.